The minimum absolute atomic E-state index is 0.0545. The maximum atomic E-state index is 13.5. The lowest BCUT2D eigenvalue weighted by molar-refractivity contribution is 0.00472. The fourth-order valence-electron chi connectivity index (χ4n) is 2.39. The number of aliphatic hydroxyl groups is 1. The Morgan fingerprint density at radius 1 is 1.04 bits per heavy atom. The summed E-state index contributed by atoms with van der Waals surface area (Å²) < 4.78 is 35.5. The van der Waals surface area contributed by atoms with Crippen LogP contribution in [0.3, 0.4) is 0 Å². The van der Waals surface area contributed by atoms with Crippen LogP contribution >= 0.6 is 0 Å². The molecule has 0 radical (unpaired) electrons. The Morgan fingerprint density at radius 3 is 2.68 bits per heavy atom. The number of aliphatic hydroxyl groups excluding tert-OH is 1. The van der Waals surface area contributed by atoms with Crippen molar-refractivity contribution in [3.63, 3.8) is 0 Å². The van der Waals surface area contributed by atoms with Crippen LogP contribution in [0.15, 0.2) is 42.5 Å². The summed E-state index contributed by atoms with van der Waals surface area (Å²) in [5.74, 6) is 1.59. The molecule has 2 aromatic rings. The Labute approximate surface area is 145 Å². The van der Waals surface area contributed by atoms with Gasteiger partial charge in [0, 0.05) is 18.1 Å². The molecule has 0 saturated carbocycles. The highest BCUT2D eigenvalue weighted by Crippen LogP contribution is 2.33. The van der Waals surface area contributed by atoms with E-state index < -0.39 is 6.10 Å². The molecule has 134 valence electrons. The minimum atomic E-state index is -0.817. The normalized spacial score (nSPS) is 14.6. The van der Waals surface area contributed by atoms with Crippen LogP contribution in [0, 0.1) is 5.82 Å². The van der Waals surface area contributed by atoms with Crippen molar-refractivity contribution in [1.29, 1.82) is 0 Å². The SMILES string of the molecule is OC(COCc1ccccc1F)COc1ccc2c(c1)OCCCO2. The molecule has 0 bridgehead atoms. The van der Waals surface area contributed by atoms with Crippen LogP contribution in [0.4, 0.5) is 4.39 Å². The molecule has 0 aromatic heterocycles. The number of hydrogen-bond acceptors (Lipinski definition) is 5. The van der Waals surface area contributed by atoms with E-state index >= 15 is 0 Å². The van der Waals surface area contributed by atoms with Crippen molar-refractivity contribution in [2.24, 2.45) is 0 Å². The van der Waals surface area contributed by atoms with Gasteiger partial charge in [0.1, 0.15) is 24.3 Å². The Hall–Kier alpha value is -2.31. The summed E-state index contributed by atoms with van der Waals surface area (Å²) in [6.07, 6.45) is 0.0193. The third kappa shape index (κ3) is 5.08. The van der Waals surface area contributed by atoms with Gasteiger partial charge in [-0.05, 0) is 18.2 Å². The van der Waals surface area contributed by atoms with E-state index in [1.165, 1.54) is 6.07 Å². The molecular weight excluding hydrogens is 327 g/mol. The van der Waals surface area contributed by atoms with Gasteiger partial charge in [-0.15, -0.1) is 0 Å². The average molecular weight is 348 g/mol. The Balaban J connectivity index is 1.44. The molecule has 25 heavy (non-hydrogen) atoms. The molecule has 6 heteroatoms. The summed E-state index contributed by atoms with van der Waals surface area (Å²) in [6, 6.07) is 11.7. The smallest absolute Gasteiger partial charge is 0.164 e. The van der Waals surface area contributed by atoms with Crippen molar-refractivity contribution in [3.8, 4) is 17.2 Å². The topological polar surface area (TPSA) is 57.2 Å². The number of rotatable bonds is 7. The molecule has 0 fully saturated rings. The standard InChI is InChI=1S/C19H21FO5/c20-17-5-2-1-4-14(17)11-22-12-15(21)13-25-16-6-7-18-19(10-16)24-9-3-8-23-18/h1-2,4-7,10,15,21H,3,8-9,11-13H2. The summed E-state index contributed by atoms with van der Waals surface area (Å²) in [6.45, 7) is 1.46. The molecule has 1 heterocycles. The number of benzene rings is 2. The molecule has 1 unspecified atom stereocenters. The van der Waals surface area contributed by atoms with Gasteiger partial charge in [0.25, 0.3) is 0 Å². The predicted octanol–water partition coefficient (Wildman–Crippen LogP) is 2.94. The van der Waals surface area contributed by atoms with E-state index in [9.17, 15) is 9.50 Å². The van der Waals surface area contributed by atoms with E-state index in [2.05, 4.69) is 0 Å². The zero-order valence-corrected chi connectivity index (χ0v) is 13.8. The van der Waals surface area contributed by atoms with Crippen LogP contribution in [0.1, 0.15) is 12.0 Å². The molecule has 0 spiro atoms. The van der Waals surface area contributed by atoms with Gasteiger partial charge in [0.15, 0.2) is 11.5 Å². The van der Waals surface area contributed by atoms with Gasteiger partial charge in [-0.2, -0.15) is 0 Å². The fourth-order valence-corrected chi connectivity index (χ4v) is 2.39. The maximum Gasteiger partial charge on any atom is 0.164 e. The summed E-state index contributed by atoms with van der Waals surface area (Å²) in [5, 5.41) is 9.94. The van der Waals surface area contributed by atoms with Crippen molar-refractivity contribution in [2.75, 3.05) is 26.4 Å². The van der Waals surface area contributed by atoms with Crippen molar-refractivity contribution in [3.05, 3.63) is 53.8 Å². The van der Waals surface area contributed by atoms with Gasteiger partial charge in [0.05, 0.1) is 26.4 Å². The van der Waals surface area contributed by atoms with Crippen LogP contribution in [-0.2, 0) is 11.3 Å². The first-order chi connectivity index (χ1) is 12.2. The summed E-state index contributed by atoms with van der Waals surface area (Å²) in [7, 11) is 0. The van der Waals surface area contributed by atoms with E-state index in [-0.39, 0.29) is 25.6 Å². The number of hydrogen-bond donors (Lipinski definition) is 1. The molecule has 5 nitrogen and oxygen atoms in total. The first-order valence-corrected chi connectivity index (χ1v) is 8.24. The third-order valence-corrected chi connectivity index (χ3v) is 3.69. The molecule has 0 amide bonds. The maximum absolute atomic E-state index is 13.5. The van der Waals surface area contributed by atoms with Crippen LogP contribution in [0.25, 0.3) is 0 Å². The van der Waals surface area contributed by atoms with E-state index in [4.69, 9.17) is 18.9 Å². The largest absolute Gasteiger partial charge is 0.491 e. The number of ether oxygens (including phenoxy) is 4. The zero-order valence-electron chi connectivity index (χ0n) is 13.8. The molecule has 1 aliphatic rings. The van der Waals surface area contributed by atoms with Crippen LogP contribution in [0.2, 0.25) is 0 Å². The van der Waals surface area contributed by atoms with Crippen LogP contribution in [-0.4, -0.2) is 37.6 Å². The first kappa shape index (κ1) is 17.5. The third-order valence-electron chi connectivity index (χ3n) is 3.69. The lowest BCUT2D eigenvalue weighted by Crippen LogP contribution is -2.23. The highest BCUT2D eigenvalue weighted by Gasteiger charge is 2.12. The van der Waals surface area contributed by atoms with Gasteiger partial charge >= 0.3 is 0 Å². The Bertz CT molecular complexity index is 691. The highest BCUT2D eigenvalue weighted by molar-refractivity contribution is 5.45. The van der Waals surface area contributed by atoms with Gasteiger partial charge in [0.2, 0.25) is 0 Å². The quantitative estimate of drug-likeness (QED) is 0.834. The number of fused-ring (bicyclic) bond motifs is 1. The van der Waals surface area contributed by atoms with Crippen molar-refractivity contribution in [1.82, 2.24) is 0 Å². The van der Waals surface area contributed by atoms with E-state index in [1.807, 2.05) is 0 Å². The summed E-state index contributed by atoms with van der Waals surface area (Å²) in [4.78, 5) is 0. The van der Waals surface area contributed by atoms with E-state index in [1.54, 1.807) is 36.4 Å². The molecule has 3 rings (SSSR count). The Kier molecular flexibility index (Phi) is 6.09. The zero-order chi connectivity index (χ0) is 17.5. The van der Waals surface area contributed by atoms with Crippen molar-refractivity contribution >= 4 is 0 Å². The second kappa shape index (κ2) is 8.69. The summed E-state index contributed by atoms with van der Waals surface area (Å²) >= 11 is 0. The van der Waals surface area contributed by atoms with Gasteiger partial charge in [-0.25, -0.2) is 4.39 Å². The first-order valence-electron chi connectivity index (χ1n) is 8.24. The monoisotopic (exact) mass is 348 g/mol. The minimum Gasteiger partial charge on any atom is -0.491 e. The van der Waals surface area contributed by atoms with Gasteiger partial charge in [-0.1, -0.05) is 18.2 Å². The Morgan fingerprint density at radius 2 is 1.84 bits per heavy atom. The molecular formula is C19H21FO5. The average Bonchev–Trinajstić information content (AvgIpc) is 2.86. The van der Waals surface area contributed by atoms with E-state index in [0.717, 1.165) is 6.42 Å². The second-order valence-corrected chi connectivity index (χ2v) is 5.73. The van der Waals surface area contributed by atoms with Crippen molar-refractivity contribution in [2.45, 2.75) is 19.1 Å². The summed E-state index contributed by atoms with van der Waals surface area (Å²) in [5.41, 5.74) is 0.457. The van der Waals surface area contributed by atoms with Gasteiger partial charge in [-0.3, -0.25) is 0 Å². The molecule has 0 aliphatic carbocycles. The second-order valence-electron chi connectivity index (χ2n) is 5.73. The van der Waals surface area contributed by atoms with E-state index in [0.29, 0.717) is 36.0 Å². The molecule has 2 aromatic carbocycles. The fraction of sp³-hybridized carbons (Fsp3) is 0.368. The molecule has 1 N–H and O–H groups in total. The molecule has 1 aliphatic heterocycles. The lowest BCUT2D eigenvalue weighted by atomic mass is 10.2. The highest BCUT2D eigenvalue weighted by atomic mass is 19.1. The lowest BCUT2D eigenvalue weighted by Gasteiger charge is -2.14. The molecule has 0 saturated heterocycles. The van der Waals surface area contributed by atoms with Crippen LogP contribution in [0.5, 0.6) is 17.2 Å². The predicted molar refractivity (Wildman–Crippen MR) is 89.6 cm³/mol. The molecule has 1 atom stereocenters. The van der Waals surface area contributed by atoms with Crippen molar-refractivity contribution < 1.29 is 28.4 Å². The van der Waals surface area contributed by atoms with Gasteiger partial charge < -0.3 is 24.1 Å². The number of halogens is 1. The van der Waals surface area contributed by atoms with Crippen LogP contribution < -0.4 is 14.2 Å².